The predicted octanol–water partition coefficient (Wildman–Crippen LogP) is 3.54. The number of nitrogens with zero attached hydrogens (tertiary/aromatic N) is 2. The number of carbonyl (C=O) groups is 1. The minimum absolute atomic E-state index is 0.232. The van der Waals surface area contributed by atoms with E-state index in [0.717, 1.165) is 0 Å². The van der Waals surface area contributed by atoms with Crippen molar-refractivity contribution < 1.29 is 9.21 Å². The molecule has 0 aliphatic heterocycles. The van der Waals surface area contributed by atoms with Crippen LogP contribution in [0, 0.1) is 11.3 Å². The quantitative estimate of drug-likeness (QED) is 0.769. The molecular formula is C17H12N4O2. The van der Waals surface area contributed by atoms with Crippen LogP contribution in [0.25, 0.3) is 0 Å². The molecule has 0 unspecified atom stereocenters. The lowest BCUT2D eigenvalue weighted by Crippen LogP contribution is -2.11. The van der Waals surface area contributed by atoms with Gasteiger partial charge in [-0.3, -0.25) is 4.79 Å². The largest absolute Gasteiger partial charge is 0.459 e. The molecule has 2 heterocycles. The Kier molecular flexibility index (Phi) is 4.03. The number of para-hydroxylation sites is 1. The standard InChI is InChI=1S/C17H12N4O2/c18-10-12-4-1-2-5-14(12)21-16-8-7-13(11-19-16)20-17(22)15-6-3-9-23-15/h1-9,11H,(H,19,21)(H,20,22). The molecule has 0 saturated carbocycles. The predicted molar refractivity (Wildman–Crippen MR) is 85.3 cm³/mol. The number of aromatic nitrogens is 1. The maximum atomic E-state index is 11.9. The van der Waals surface area contributed by atoms with Crippen molar-refractivity contribution in [1.29, 1.82) is 5.26 Å². The molecule has 2 aromatic heterocycles. The van der Waals surface area contributed by atoms with Gasteiger partial charge in [0.1, 0.15) is 11.9 Å². The number of carbonyl (C=O) groups excluding carboxylic acids is 1. The normalized spacial score (nSPS) is 9.87. The van der Waals surface area contributed by atoms with Gasteiger partial charge < -0.3 is 15.1 Å². The second-order valence-electron chi connectivity index (χ2n) is 4.65. The highest BCUT2D eigenvalue weighted by atomic mass is 16.3. The van der Waals surface area contributed by atoms with Gasteiger partial charge in [0, 0.05) is 0 Å². The highest BCUT2D eigenvalue weighted by Gasteiger charge is 2.09. The van der Waals surface area contributed by atoms with Crippen LogP contribution in [0.2, 0.25) is 0 Å². The molecular weight excluding hydrogens is 292 g/mol. The average molecular weight is 304 g/mol. The first-order valence-corrected chi connectivity index (χ1v) is 6.83. The van der Waals surface area contributed by atoms with E-state index in [9.17, 15) is 4.79 Å². The Morgan fingerprint density at radius 1 is 1.13 bits per heavy atom. The zero-order valence-electron chi connectivity index (χ0n) is 12.0. The fourth-order valence-electron chi connectivity index (χ4n) is 1.97. The molecule has 1 aromatic carbocycles. The third kappa shape index (κ3) is 3.36. The van der Waals surface area contributed by atoms with Crippen molar-refractivity contribution in [3.8, 4) is 6.07 Å². The number of rotatable bonds is 4. The summed E-state index contributed by atoms with van der Waals surface area (Å²) in [7, 11) is 0. The van der Waals surface area contributed by atoms with E-state index >= 15 is 0 Å². The third-order valence-electron chi connectivity index (χ3n) is 3.08. The number of hydrogen-bond acceptors (Lipinski definition) is 5. The topological polar surface area (TPSA) is 91.0 Å². The van der Waals surface area contributed by atoms with Crippen LogP contribution in [0.1, 0.15) is 16.1 Å². The van der Waals surface area contributed by atoms with Gasteiger partial charge in [0.15, 0.2) is 5.76 Å². The molecule has 3 aromatic rings. The van der Waals surface area contributed by atoms with Gasteiger partial charge in [-0.2, -0.15) is 5.26 Å². The van der Waals surface area contributed by atoms with Crippen LogP contribution in [0.3, 0.4) is 0 Å². The van der Waals surface area contributed by atoms with Gasteiger partial charge in [-0.05, 0) is 36.4 Å². The third-order valence-corrected chi connectivity index (χ3v) is 3.08. The fourth-order valence-corrected chi connectivity index (χ4v) is 1.97. The Balaban J connectivity index is 1.70. The van der Waals surface area contributed by atoms with Gasteiger partial charge in [0.2, 0.25) is 0 Å². The summed E-state index contributed by atoms with van der Waals surface area (Å²) in [6.07, 6.45) is 2.96. The van der Waals surface area contributed by atoms with Gasteiger partial charge in [0.25, 0.3) is 5.91 Å². The van der Waals surface area contributed by atoms with Crippen molar-refractivity contribution >= 4 is 23.1 Å². The summed E-state index contributed by atoms with van der Waals surface area (Å²) < 4.78 is 5.02. The SMILES string of the molecule is N#Cc1ccccc1Nc1ccc(NC(=O)c2ccco2)cn1. The Morgan fingerprint density at radius 2 is 2.00 bits per heavy atom. The summed E-state index contributed by atoms with van der Waals surface area (Å²) in [6.45, 7) is 0. The lowest BCUT2D eigenvalue weighted by Gasteiger charge is -2.08. The van der Waals surface area contributed by atoms with E-state index in [1.807, 2.05) is 6.07 Å². The van der Waals surface area contributed by atoms with Gasteiger partial charge in [0.05, 0.1) is 29.4 Å². The maximum Gasteiger partial charge on any atom is 0.291 e. The second kappa shape index (κ2) is 6.45. The summed E-state index contributed by atoms with van der Waals surface area (Å²) >= 11 is 0. The molecule has 0 saturated heterocycles. The summed E-state index contributed by atoms with van der Waals surface area (Å²) in [4.78, 5) is 16.1. The van der Waals surface area contributed by atoms with E-state index < -0.39 is 0 Å². The van der Waals surface area contributed by atoms with E-state index in [-0.39, 0.29) is 11.7 Å². The lowest BCUT2D eigenvalue weighted by molar-refractivity contribution is 0.0996. The van der Waals surface area contributed by atoms with E-state index in [0.29, 0.717) is 22.8 Å². The van der Waals surface area contributed by atoms with Crippen LogP contribution in [0.15, 0.2) is 65.4 Å². The Hall–Kier alpha value is -3.59. The Bertz CT molecular complexity index is 849. The number of pyridine rings is 1. The van der Waals surface area contributed by atoms with Crippen molar-refractivity contribution in [2.75, 3.05) is 10.6 Å². The Labute approximate surface area is 132 Å². The van der Waals surface area contributed by atoms with Gasteiger partial charge in [-0.15, -0.1) is 0 Å². The van der Waals surface area contributed by atoms with Crippen LogP contribution >= 0.6 is 0 Å². The molecule has 0 aliphatic rings. The summed E-state index contributed by atoms with van der Waals surface area (Å²) in [5.74, 6) is 0.464. The van der Waals surface area contributed by atoms with Crippen molar-refractivity contribution in [2.45, 2.75) is 0 Å². The fraction of sp³-hybridized carbons (Fsp3) is 0. The molecule has 0 bridgehead atoms. The molecule has 6 nitrogen and oxygen atoms in total. The van der Waals surface area contributed by atoms with Crippen LogP contribution < -0.4 is 10.6 Å². The number of hydrogen-bond donors (Lipinski definition) is 2. The minimum Gasteiger partial charge on any atom is -0.459 e. The molecule has 0 spiro atoms. The number of amides is 1. The summed E-state index contributed by atoms with van der Waals surface area (Å²) in [6, 6.07) is 15.9. The van der Waals surface area contributed by atoms with Gasteiger partial charge in [-0.25, -0.2) is 4.98 Å². The lowest BCUT2D eigenvalue weighted by atomic mass is 10.2. The highest BCUT2D eigenvalue weighted by molar-refractivity contribution is 6.02. The average Bonchev–Trinajstić information content (AvgIpc) is 3.12. The van der Waals surface area contributed by atoms with Crippen molar-refractivity contribution in [3.63, 3.8) is 0 Å². The van der Waals surface area contributed by atoms with Crippen LogP contribution in [-0.4, -0.2) is 10.9 Å². The summed E-state index contributed by atoms with van der Waals surface area (Å²) in [5, 5.41) is 14.8. The molecule has 1 amide bonds. The van der Waals surface area contributed by atoms with Crippen molar-refractivity contribution in [1.82, 2.24) is 4.98 Å². The van der Waals surface area contributed by atoms with E-state index in [1.54, 1.807) is 42.5 Å². The monoisotopic (exact) mass is 304 g/mol. The number of nitriles is 1. The number of benzene rings is 1. The molecule has 2 N–H and O–H groups in total. The smallest absolute Gasteiger partial charge is 0.291 e. The van der Waals surface area contributed by atoms with Gasteiger partial charge >= 0.3 is 0 Å². The zero-order valence-corrected chi connectivity index (χ0v) is 12.0. The molecule has 0 aliphatic carbocycles. The highest BCUT2D eigenvalue weighted by Crippen LogP contribution is 2.19. The second-order valence-corrected chi connectivity index (χ2v) is 4.65. The minimum atomic E-state index is -0.340. The van der Waals surface area contributed by atoms with Gasteiger partial charge in [-0.1, -0.05) is 12.1 Å². The molecule has 23 heavy (non-hydrogen) atoms. The number of anilines is 3. The zero-order chi connectivity index (χ0) is 16.1. The maximum absolute atomic E-state index is 11.9. The molecule has 0 atom stereocenters. The van der Waals surface area contributed by atoms with Crippen molar-refractivity contribution in [2.24, 2.45) is 0 Å². The van der Waals surface area contributed by atoms with Crippen LogP contribution in [-0.2, 0) is 0 Å². The van der Waals surface area contributed by atoms with Crippen LogP contribution in [0.4, 0.5) is 17.2 Å². The molecule has 112 valence electrons. The molecule has 6 heteroatoms. The first-order valence-electron chi connectivity index (χ1n) is 6.83. The van der Waals surface area contributed by atoms with Crippen molar-refractivity contribution in [3.05, 3.63) is 72.3 Å². The molecule has 0 fully saturated rings. The number of furan rings is 1. The van der Waals surface area contributed by atoms with E-state index in [4.69, 9.17) is 9.68 Å². The van der Waals surface area contributed by atoms with Crippen LogP contribution in [0.5, 0.6) is 0 Å². The first-order chi connectivity index (χ1) is 11.3. The summed E-state index contributed by atoms with van der Waals surface area (Å²) in [5.41, 5.74) is 1.75. The molecule has 3 rings (SSSR count). The van der Waals surface area contributed by atoms with E-state index in [2.05, 4.69) is 21.7 Å². The number of nitrogens with one attached hydrogen (secondary N) is 2. The van der Waals surface area contributed by atoms with E-state index in [1.165, 1.54) is 12.5 Å². The molecule has 0 radical (unpaired) electrons. The first kappa shape index (κ1) is 14.4. The Morgan fingerprint density at radius 3 is 2.70 bits per heavy atom.